The molecule has 1 aliphatic carbocycles. The quantitative estimate of drug-likeness (QED) is 0.856. The summed E-state index contributed by atoms with van der Waals surface area (Å²) in [5.41, 5.74) is -0.244. The molecule has 0 aromatic carbocycles. The third-order valence-electron chi connectivity index (χ3n) is 5.40. The number of ether oxygens (including phenoxy) is 1. The van der Waals surface area contributed by atoms with E-state index in [4.69, 9.17) is 4.74 Å². The van der Waals surface area contributed by atoms with Crippen LogP contribution in [0.4, 0.5) is 0 Å². The number of pyridine rings is 1. The van der Waals surface area contributed by atoms with Gasteiger partial charge in [0, 0.05) is 19.3 Å². The molecule has 126 valence electrons. The lowest BCUT2D eigenvalue weighted by Crippen LogP contribution is -2.35. The van der Waals surface area contributed by atoms with Gasteiger partial charge in [0.05, 0.1) is 7.11 Å². The Labute approximate surface area is 137 Å². The molecule has 0 unspecified atom stereocenters. The van der Waals surface area contributed by atoms with E-state index in [0.29, 0.717) is 5.92 Å². The molecule has 5 heteroatoms. The second-order valence-electron chi connectivity index (χ2n) is 6.80. The fraction of sp³-hybridized carbons (Fsp3) is 0.667. The SMILES string of the molecule is COc1cccn(CC(=O)N2CC[C@H](C3CCCCC3)C2)c1=O. The Bertz CT molecular complexity index is 605. The van der Waals surface area contributed by atoms with Gasteiger partial charge in [0.2, 0.25) is 5.91 Å². The minimum atomic E-state index is -0.244. The van der Waals surface area contributed by atoms with Gasteiger partial charge >= 0.3 is 0 Å². The van der Waals surface area contributed by atoms with Gasteiger partial charge < -0.3 is 14.2 Å². The van der Waals surface area contributed by atoms with Crippen molar-refractivity contribution in [3.05, 3.63) is 28.7 Å². The maximum atomic E-state index is 12.5. The zero-order chi connectivity index (χ0) is 16.2. The van der Waals surface area contributed by atoms with Crippen LogP contribution in [-0.2, 0) is 11.3 Å². The second kappa shape index (κ2) is 7.20. The number of likely N-dealkylation sites (tertiary alicyclic amines) is 1. The highest BCUT2D eigenvalue weighted by Gasteiger charge is 2.32. The Balaban J connectivity index is 1.60. The van der Waals surface area contributed by atoms with Crippen molar-refractivity contribution in [2.75, 3.05) is 20.2 Å². The van der Waals surface area contributed by atoms with E-state index in [-0.39, 0.29) is 23.8 Å². The van der Waals surface area contributed by atoms with E-state index in [0.717, 1.165) is 25.4 Å². The summed E-state index contributed by atoms with van der Waals surface area (Å²) in [7, 11) is 1.47. The molecule has 3 rings (SSSR count). The second-order valence-corrected chi connectivity index (χ2v) is 6.80. The fourth-order valence-corrected chi connectivity index (χ4v) is 4.04. The normalized spacial score (nSPS) is 22.3. The first-order chi connectivity index (χ1) is 11.2. The van der Waals surface area contributed by atoms with Crippen molar-refractivity contribution in [3.63, 3.8) is 0 Å². The van der Waals surface area contributed by atoms with Crippen LogP contribution < -0.4 is 10.3 Å². The van der Waals surface area contributed by atoms with Crippen LogP contribution in [0.15, 0.2) is 23.1 Å². The van der Waals surface area contributed by atoms with Gasteiger partial charge in [-0.3, -0.25) is 9.59 Å². The molecule has 1 amide bonds. The summed E-state index contributed by atoms with van der Waals surface area (Å²) >= 11 is 0. The standard InChI is InChI=1S/C18H26N2O3/c1-23-16-8-5-10-20(18(16)22)13-17(21)19-11-9-15(12-19)14-6-3-2-4-7-14/h5,8,10,14-15H,2-4,6-7,9,11-13H2,1H3/t15-/m0/s1. The number of rotatable bonds is 4. The number of aromatic nitrogens is 1. The number of nitrogens with zero attached hydrogens (tertiary/aromatic N) is 2. The molecule has 23 heavy (non-hydrogen) atoms. The molecule has 0 bridgehead atoms. The molecule has 1 aliphatic heterocycles. The minimum absolute atomic E-state index is 0.0404. The van der Waals surface area contributed by atoms with Crippen LogP contribution in [0.2, 0.25) is 0 Å². The average Bonchev–Trinajstić information content (AvgIpc) is 3.08. The first-order valence-electron chi connectivity index (χ1n) is 8.70. The molecule has 1 aromatic rings. The Morgan fingerprint density at radius 1 is 1.22 bits per heavy atom. The van der Waals surface area contributed by atoms with Crippen LogP contribution in [0, 0.1) is 11.8 Å². The van der Waals surface area contributed by atoms with E-state index in [1.165, 1.54) is 43.8 Å². The van der Waals surface area contributed by atoms with Crippen LogP contribution in [0.1, 0.15) is 38.5 Å². The van der Waals surface area contributed by atoms with Gasteiger partial charge in [-0.05, 0) is 30.4 Å². The number of carbonyl (C=O) groups excluding carboxylic acids is 1. The smallest absolute Gasteiger partial charge is 0.293 e. The van der Waals surface area contributed by atoms with Crippen molar-refractivity contribution in [2.24, 2.45) is 11.8 Å². The zero-order valence-corrected chi connectivity index (χ0v) is 13.9. The van der Waals surface area contributed by atoms with Crippen LogP contribution in [0.25, 0.3) is 0 Å². The average molecular weight is 318 g/mol. The molecule has 0 N–H and O–H groups in total. The molecule has 1 saturated carbocycles. The van der Waals surface area contributed by atoms with E-state index in [9.17, 15) is 9.59 Å². The van der Waals surface area contributed by atoms with Crippen molar-refractivity contribution in [3.8, 4) is 5.75 Å². The van der Waals surface area contributed by atoms with Crippen molar-refractivity contribution < 1.29 is 9.53 Å². The van der Waals surface area contributed by atoms with Crippen molar-refractivity contribution in [1.29, 1.82) is 0 Å². The number of carbonyl (C=O) groups is 1. The van der Waals surface area contributed by atoms with Crippen LogP contribution in [0.3, 0.4) is 0 Å². The molecule has 1 atom stereocenters. The van der Waals surface area contributed by atoms with Crippen molar-refractivity contribution >= 4 is 5.91 Å². The van der Waals surface area contributed by atoms with Crippen molar-refractivity contribution in [2.45, 2.75) is 45.1 Å². The van der Waals surface area contributed by atoms with E-state index in [1.54, 1.807) is 18.3 Å². The van der Waals surface area contributed by atoms with Gasteiger partial charge in [-0.15, -0.1) is 0 Å². The van der Waals surface area contributed by atoms with Gasteiger partial charge in [0.15, 0.2) is 5.75 Å². The highest BCUT2D eigenvalue weighted by molar-refractivity contribution is 5.76. The lowest BCUT2D eigenvalue weighted by molar-refractivity contribution is -0.131. The monoisotopic (exact) mass is 318 g/mol. The number of hydrogen-bond acceptors (Lipinski definition) is 3. The summed E-state index contributed by atoms with van der Waals surface area (Å²) in [5, 5.41) is 0. The van der Waals surface area contributed by atoms with E-state index in [1.807, 2.05) is 4.90 Å². The highest BCUT2D eigenvalue weighted by Crippen LogP contribution is 2.35. The maximum Gasteiger partial charge on any atom is 0.293 e. The molecular formula is C18H26N2O3. The molecular weight excluding hydrogens is 292 g/mol. The largest absolute Gasteiger partial charge is 0.491 e. The topological polar surface area (TPSA) is 51.5 Å². The summed E-state index contributed by atoms with van der Waals surface area (Å²) < 4.78 is 6.47. The van der Waals surface area contributed by atoms with E-state index in [2.05, 4.69) is 0 Å². The first-order valence-corrected chi connectivity index (χ1v) is 8.70. The van der Waals surface area contributed by atoms with E-state index >= 15 is 0 Å². The van der Waals surface area contributed by atoms with Gasteiger partial charge in [-0.1, -0.05) is 32.1 Å². The lowest BCUT2D eigenvalue weighted by Gasteiger charge is -2.27. The van der Waals surface area contributed by atoms with Gasteiger partial charge in [-0.2, -0.15) is 0 Å². The summed E-state index contributed by atoms with van der Waals surface area (Å²) in [6, 6.07) is 3.36. The Morgan fingerprint density at radius 2 is 2.00 bits per heavy atom. The zero-order valence-electron chi connectivity index (χ0n) is 13.9. The molecule has 2 heterocycles. The molecule has 2 fully saturated rings. The van der Waals surface area contributed by atoms with Crippen LogP contribution in [-0.4, -0.2) is 35.6 Å². The predicted molar refractivity (Wildman–Crippen MR) is 88.5 cm³/mol. The summed E-state index contributed by atoms with van der Waals surface area (Å²) in [6.07, 6.45) is 9.46. The number of amides is 1. The molecule has 2 aliphatic rings. The Hall–Kier alpha value is -1.78. The van der Waals surface area contributed by atoms with Crippen LogP contribution >= 0.6 is 0 Å². The lowest BCUT2D eigenvalue weighted by atomic mass is 9.80. The Kier molecular flexibility index (Phi) is 5.03. The Morgan fingerprint density at radius 3 is 2.74 bits per heavy atom. The third-order valence-corrected chi connectivity index (χ3v) is 5.40. The van der Waals surface area contributed by atoms with E-state index < -0.39 is 0 Å². The summed E-state index contributed by atoms with van der Waals surface area (Å²) in [4.78, 5) is 26.6. The molecule has 0 spiro atoms. The molecule has 1 aromatic heterocycles. The van der Waals surface area contributed by atoms with Gasteiger partial charge in [0.25, 0.3) is 5.56 Å². The van der Waals surface area contributed by atoms with Gasteiger partial charge in [-0.25, -0.2) is 0 Å². The van der Waals surface area contributed by atoms with Crippen molar-refractivity contribution in [1.82, 2.24) is 9.47 Å². The minimum Gasteiger partial charge on any atom is -0.491 e. The maximum absolute atomic E-state index is 12.5. The summed E-state index contributed by atoms with van der Waals surface area (Å²) in [6.45, 7) is 1.80. The summed E-state index contributed by atoms with van der Waals surface area (Å²) in [5.74, 6) is 1.77. The number of methoxy groups -OCH3 is 1. The molecule has 1 saturated heterocycles. The fourth-order valence-electron chi connectivity index (χ4n) is 4.04. The highest BCUT2D eigenvalue weighted by atomic mass is 16.5. The van der Waals surface area contributed by atoms with Crippen LogP contribution in [0.5, 0.6) is 5.75 Å². The van der Waals surface area contributed by atoms with Gasteiger partial charge in [0.1, 0.15) is 6.54 Å². The number of hydrogen-bond donors (Lipinski definition) is 0. The third kappa shape index (κ3) is 3.59. The first kappa shape index (κ1) is 16.1. The predicted octanol–water partition coefficient (Wildman–Crippen LogP) is 2.29. The molecule has 0 radical (unpaired) electrons. The molecule has 5 nitrogen and oxygen atoms in total.